The summed E-state index contributed by atoms with van der Waals surface area (Å²) < 4.78 is 82.0. The van der Waals surface area contributed by atoms with E-state index in [0.29, 0.717) is 6.07 Å². The fraction of sp³-hybridized carbons (Fsp3) is 0.214. The number of carbonyl (C=O) groups is 3. The van der Waals surface area contributed by atoms with Crippen molar-refractivity contribution in [3.8, 4) is 28.5 Å². The molecule has 0 saturated carbocycles. The molecule has 0 bridgehead atoms. The number of allylic oxidation sites excluding steroid dienone is 2. The van der Waals surface area contributed by atoms with Gasteiger partial charge in [-0.25, -0.2) is 23.9 Å². The lowest BCUT2D eigenvalue weighted by molar-refractivity contribution is -0.138. The number of rotatable bonds is 8. The highest BCUT2D eigenvalue weighted by Crippen LogP contribution is 2.38. The highest BCUT2D eigenvalue weighted by molar-refractivity contribution is 5.96. The zero-order valence-corrected chi connectivity index (χ0v) is 23.8. The van der Waals surface area contributed by atoms with Crippen LogP contribution in [-0.2, 0) is 11.0 Å². The van der Waals surface area contributed by atoms with Gasteiger partial charge >= 0.3 is 24.3 Å². The highest BCUT2D eigenvalue weighted by atomic mass is 19.4. The molecule has 0 fully saturated rings. The number of benzene rings is 1. The molecule has 3 aromatic heterocycles. The van der Waals surface area contributed by atoms with Crippen molar-refractivity contribution in [2.24, 2.45) is 0 Å². The molecule has 0 unspecified atom stereocenters. The first-order chi connectivity index (χ1) is 22.1. The summed E-state index contributed by atoms with van der Waals surface area (Å²) in [5.41, 5.74) is -4.22. The average Bonchev–Trinajstić information content (AvgIpc) is 3.71. The van der Waals surface area contributed by atoms with Gasteiger partial charge < -0.3 is 15.5 Å². The van der Waals surface area contributed by atoms with Crippen LogP contribution in [0.15, 0.2) is 59.9 Å². The Morgan fingerprint density at radius 3 is 2.00 bits per heavy atom. The number of hydrogen-bond donors (Lipinski definition) is 3. The summed E-state index contributed by atoms with van der Waals surface area (Å²) in [5.74, 6) is -4.11. The number of carboxylic acids is 2. The molecule has 5 rings (SSSR count). The molecule has 0 radical (unpaired) electrons. The van der Waals surface area contributed by atoms with Gasteiger partial charge in [0.15, 0.2) is 0 Å². The fourth-order valence-electron chi connectivity index (χ4n) is 4.69. The Balaban J connectivity index is 1.54. The molecule has 0 aliphatic heterocycles. The molecule has 4 aromatic rings. The second kappa shape index (κ2) is 12.1. The second-order valence-electron chi connectivity index (χ2n) is 9.95. The van der Waals surface area contributed by atoms with E-state index in [9.17, 15) is 50.9 Å². The van der Waals surface area contributed by atoms with Gasteiger partial charge in [-0.3, -0.25) is 4.79 Å². The van der Waals surface area contributed by atoms with Crippen LogP contribution in [0.25, 0.3) is 34.2 Å². The summed E-state index contributed by atoms with van der Waals surface area (Å²) in [6.45, 7) is 1.93. The number of carbonyl (C=O) groups excluding carboxylic acids is 1. The number of halogens is 6. The van der Waals surface area contributed by atoms with E-state index < -0.39 is 58.9 Å². The number of nitrogens with one attached hydrogen (secondary N) is 1. The van der Waals surface area contributed by atoms with E-state index >= 15 is 0 Å². The Hall–Kier alpha value is -5.88. The van der Waals surface area contributed by atoms with Crippen molar-refractivity contribution in [1.29, 1.82) is 0 Å². The van der Waals surface area contributed by atoms with E-state index in [0.717, 1.165) is 27.6 Å². The number of pyridine rings is 1. The molecule has 47 heavy (non-hydrogen) atoms. The summed E-state index contributed by atoms with van der Waals surface area (Å²) in [5, 5.41) is 37.0. The SMILES string of the molecule is CCNC(=O)c1cc(-c2cn(C3=CC(C(=O)O)=C(C(F)(F)F)CC3)nn2)nc(-c2cn(-c3ccc(C(F)(F)F)c(C(=O)O)c3)nn2)c1. The predicted octanol–water partition coefficient (Wildman–Crippen LogP) is 4.63. The fourth-order valence-corrected chi connectivity index (χ4v) is 4.69. The minimum atomic E-state index is -4.92. The predicted molar refractivity (Wildman–Crippen MR) is 148 cm³/mol. The van der Waals surface area contributed by atoms with Crippen molar-refractivity contribution in [2.45, 2.75) is 32.1 Å². The molecular formula is C28H20F6N8O5. The molecule has 0 spiro atoms. The molecule has 1 aliphatic carbocycles. The lowest BCUT2D eigenvalue weighted by Gasteiger charge is -2.19. The Bertz CT molecular complexity index is 1980. The molecule has 13 nitrogen and oxygen atoms in total. The quantitative estimate of drug-likeness (QED) is 0.225. The minimum Gasteiger partial charge on any atom is -0.478 e. The van der Waals surface area contributed by atoms with E-state index in [1.54, 1.807) is 6.92 Å². The smallest absolute Gasteiger partial charge is 0.417 e. The highest BCUT2D eigenvalue weighted by Gasteiger charge is 2.39. The third-order valence-corrected chi connectivity index (χ3v) is 6.87. The van der Waals surface area contributed by atoms with Crippen LogP contribution in [0.3, 0.4) is 0 Å². The Kier molecular flexibility index (Phi) is 8.40. The van der Waals surface area contributed by atoms with Gasteiger partial charge in [0.25, 0.3) is 5.91 Å². The zero-order chi connectivity index (χ0) is 34.3. The molecule has 1 aromatic carbocycles. The molecule has 19 heteroatoms. The lowest BCUT2D eigenvalue weighted by Crippen LogP contribution is -2.22. The van der Waals surface area contributed by atoms with Crippen LogP contribution in [0, 0.1) is 0 Å². The number of hydrogen-bond acceptors (Lipinski definition) is 8. The van der Waals surface area contributed by atoms with Crippen molar-refractivity contribution in [1.82, 2.24) is 40.3 Å². The summed E-state index contributed by atoms with van der Waals surface area (Å²) in [7, 11) is 0. The number of nitrogens with zero attached hydrogens (tertiary/aromatic N) is 7. The molecule has 3 N–H and O–H groups in total. The van der Waals surface area contributed by atoms with Gasteiger partial charge in [-0.1, -0.05) is 10.4 Å². The molecular weight excluding hydrogens is 642 g/mol. The number of aromatic carboxylic acids is 1. The summed E-state index contributed by atoms with van der Waals surface area (Å²) in [6.07, 6.45) is -7.20. The van der Waals surface area contributed by atoms with E-state index in [1.807, 2.05) is 0 Å². The van der Waals surface area contributed by atoms with Crippen molar-refractivity contribution < 1.29 is 50.9 Å². The third-order valence-electron chi connectivity index (χ3n) is 6.87. The normalized spacial score (nSPS) is 13.8. The van der Waals surface area contributed by atoms with Crippen LogP contribution in [0.4, 0.5) is 26.3 Å². The van der Waals surface area contributed by atoms with Gasteiger partial charge in [0.2, 0.25) is 0 Å². The minimum absolute atomic E-state index is 0.0208. The van der Waals surface area contributed by atoms with E-state index in [2.05, 4.69) is 30.9 Å². The first-order valence-electron chi connectivity index (χ1n) is 13.4. The van der Waals surface area contributed by atoms with Crippen molar-refractivity contribution in [3.05, 3.63) is 76.6 Å². The number of alkyl halides is 6. The van der Waals surface area contributed by atoms with Crippen LogP contribution in [0.1, 0.15) is 46.0 Å². The summed E-state index contributed by atoms with van der Waals surface area (Å²) >= 11 is 0. The van der Waals surface area contributed by atoms with Gasteiger partial charge in [-0.05, 0) is 56.2 Å². The number of aliphatic carboxylic acids is 1. The van der Waals surface area contributed by atoms with E-state index in [4.69, 9.17) is 0 Å². The van der Waals surface area contributed by atoms with Crippen LogP contribution >= 0.6 is 0 Å². The standard InChI is InChI=1S/C28H20F6N8O5/c1-2-35-24(43)13-7-20(22-11-41(39-37-22)14-3-5-18(27(29,30)31)16(9-14)25(44)45)36-21(8-13)23-12-42(40-38-23)15-4-6-19(28(32,33)34)17(10-15)26(46)47/h3,5,7-12H,2,4,6H2,1H3,(H,35,43)(H,44,45)(H,46,47). The van der Waals surface area contributed by atoms with E-state index in [-0.39, 0.29) is 52.7 Å². The topological polar surface area (TPSA) is 178 Å². The van der Waals surface area contributed by atoms with Crippen LogP contribution in [0.5, 0.6) is 0 Å². The zero-order valence-electron chi connectivity index (χ0n) is 23.8. The lowest BCUT2D eigenvalue weighted by atomic mass is 9.95. The van der Waals surface area contributed by atoms with Crippen molar-refractivity contribution in [3.63, 3.8) is 0 Å². The maximum atomic E-state index is 13.3. The Morgan fingerprint density at radius 2 is 1.45 bits per heavy atom. The maximum Gasteiger partial charge on any atom is 0.417 e. The monoisotopic (exact) mass is 662 g/mol. The van der Waals surface area contributed by atoms with Gasteiger partial charge in [-0.15, -0.1) is 10.2 Å². The third kappa shape index (κ3) is 6.72. The van der Waals surface area contributed by atoms with Gasteiger partial charge in [0.1, 0.15) is 11.4 Å². The number of carboxylic acid groups (broad SMARTS) is 2. The largest absolute Gasteiger partial charge is 0.478 e. The van der Waals surface area contributed by atoms with Crippen LogP contribution in [0.2, 0.25) is 0 Å². The molecule has 0 saturated heterocycles. The van der Waals surface area contributed by atoms with Crippen LogP contribution in [-0.4, -0.2) is 75.8 Å². The summed E-state index contributed by atoms with van der Waals surface area (Å²) in [4.78, 5) is 40.3. The Morgan fingerprint density at radius 1 is 0.830 bits per heavy atom. The summed E-state index contributed by atoms with van der Waals surface area (Å²) in [6, 6.07) is 5.06. The Labute approximate surface area is 258 Å². The number of aromatic nitrogens is 7. The van der Waals surface area contributed by atoms with E-state index in [1.165, 1.54) is 24.5 Å². The van der Waals surface area contributed by atoms with Gasteiger partial charge in [0.05, 0.1) is 46.2 Å². The first kappa shape index (κ1) is 32.5. The molecule has 244 valence electrons. The van der Waals surface area contributed by atoms with Gasteiger partial charge in [-0.2, -0.15) is 26.3 Å². The van der Waals surface area contributed by atoms with Crippen molar-refractivity contribution >= 4 is 23.5 Å². The molecule has 1 aliphatic rings. The number of amides is 1. The molecule has 3 heterocycles. The molecule has 0 atom stereocenters. The first-order valence-corrected chi connectivity index (χ1v) is 13.4. The van der Waals surface area contributed by atoms with Crippen molar-refractivity contribution in [2.75, 3.05) is 6.54 Å². The maximum absolute atomic E-state index is 13.3. The molecule has 1 amide bonds. The van der Waals surface area contributed by atoms with Gasteiger partial charge in [0, 0.05) is 23.4 Å². The average molecular weight is 663 g/mol. The second-order valence-corrected chi connectivity index (χ2v) is 9.95. The van der Waals surface area contributed by atoms with Crippen LogP contribution < -0.4 is 5.32 Å².